The van der Waals surface area contributed by atoms with Crippen LogP contribution in [-0.4, -0.2) is 31.1 Å². The van der Waals surface area contributed by atoms with Gasteiger partial charge in [0.2, 0.25) is 0 Å². The molecule has 5 aliphatic carbocycles. The van der Waals surface area contributed by atoms with Gasteiger partial charge < -0.3 is 10.8 Å². The van der Waals surface area contributed by atoms with Gasteiger partial charge in [-0.1, -0.05) is 54.0 Å². The number of nitrogens with one attached hydrogen (secondary N) is 1. The first kappa shape index (κ1) is 28.2. The maximum atomic E-state index is 13.3. The van der Waals surface area contributed by atoms with Gasteiger partial charge in [0.25, 0.3) is 0 Å². The average molecular weight is 574 g/mol. The lowest BCUT2D eigenvalue weighted by molar-refractivity contribution is -0.175. The van der Waals surface area contributed by atoms with Crippen LogP contribution in [0.5, 0.6) is 0 Å². The van der Waals surface area contributed by atoms with Crippen molar-refractivity contribution in [3.8, 4) is 0 Å². The predicted octanol–water partition coefficient (Wildman–Crippen LogP) is 7.15. The minimum Gasteiger partial charge on any atom is -0.481 e. The zero-order valence-electron chi connectivity index (χ0n) is 27.0. The van der Waals surface area contributed by atoms with Gasteiger partial charge in [-0.05, 0) is 103 Å². The number of rotatable bonds is 2. The topological polar surface area (TPSA) is 110 Å². The molecule has 228 valence electrons. The van der Waals surface area contributed by atoms with E-state index in [4.69, 9.17) is 5.73 Å². The average Bonchev–Trinajstić information content (AvgIpc) is 3.49. The molecule has 0 aliphatic heterocycles. The first-order valence-corrected chi connectivity index (χ1v) is 16.3. The standard InChI is InChI=1S/C35H51N5O2/c1-30(2)11-13-35(29(41)42)14-12-34(7)26(23(35)17-30)21(20-18-37-40(8)19-20)15-25-32(5)16-22-27(38-39-28(22)36)31(3,4)24(32)9-10-33(25,34)6/h18-19,23-25H,9-17H2,1-8H3,(H,41,42)(H3,36,38,39)/t23-,24-,25?,32-,33+,34+,35-/m0/s1. The number of hydrogen-bond donors (Lipinski definition) is 3. The van der Waals surface area contributed by atoms with Crippen LogP contribution in [-0.2, 0) is 23.7 Å². The van der Waals surface area contributed by atoms with Crippen molar-refractivity contribution in [2.24, 2.45) is 51.9 Å². The number of nitrogens with two attached hydrogens (primary N) is 1. The highest BCUT2D eigenvalue weighted by molar-refractivity contribution is 5.80. The summed E-state index contributed by atoms with van der Waals surface area (Å²) in [6.45, 7) is 17.2. The monoisotopic (exact) mass is 573 g/mol. The molecule has 3 saturated carbocycles. The second kappa shape index (κ2) is 8.32. The lowest BCUT2D eigenvalue weighted by Gasteiger charge is -2.71. The van der Waals surface area contributed by atoms with Gasteiger partial charge in [0, 0.05) is 35.5 Å². The van der Waals surface area contributed by atoms with E-state index in [0.717, 1.165) is 51.4 Å². The largest absolute Gasteiger partial charge is 0.481 e. The van der Waals surface area contributed by atoms with Crippen molar-refractivity contribution in [3.05, 3.63) is 34.8 Å². The fourth-order valence-electron chi connectivity index (χ4n) is 12.0. The minimum absolute atomic E-state index is 0.0384. The molecule has 1 unspecified atom stereocenters. The number of fused-ring (bicyclic) bond motifs is 8. The van der Waals surface area contributed by atoms with Gasteiger partial charge in [-0.15, -0.1) is 0 Å². The summed E-state index contributed by atoms with van der Waals surface area (Å²) in [5.41, 5.74) is 12.4. The molecular formula is C35H51N5O2. The number of nitrogens with zero attached hydrogens (tertiary/aromatic N) is 3. The lowest BCUT2D eigenvalue weighted by Crippen LogP contribution is -2.65. The van der Waals surface area contributed by atoms with Crippen molar-refractivity contribution in [2.45, 2.75) is 112 Å². The number of anilines is 1. The molecule has 7 heteroatoms. The number of hydrogen-bond acceptors (Lipinski definition) is 4. The van der Waals surface area contributed by atoms with Crippen LogP contribution in [0.25, 0.3) is 5.57 Å². The normalized spacial score (nSPS) is 41.7. The van der Waals surface area contributed by atoms with Crippen molar-refractivity contribution in [1.82, 2.24) is 20.0 Å². The van der Waals surface area contributed by atoms with E-state index < -0.39 is 11.4 Å². The number of aromatic amines is 1. The molecule has 2 aromatic rings. The number of nitrogen functional groups attached to an aromatic ring is 1. The first-order chi connectivity index (χ1) is 19.5. The molecule has 0 saturated heterocycles. The van der Waals surface area contributed by atoms with E-state index in [1.165, 1.54) is 34.4 Å². The van der Waals surface area contributed by atoms with Gasteiger partial charge in [0.1, 0.15) is 5.82 Å². The number of carbonyl (C=O) groups is 1. The summed E-state index contributed by atoms with van der Waals surface area (Å²) in [4.78, 5) is 13.3. The Morgan fingerprint density at radius 2 is 1.76 bits per heavy atom. The number of aliphatic carboxylic acids is 1. The van der Waals surface area contributed by atoms with Gasteiger partial charge >= 0.3 is 5.97 Å². The van der Waals surface area contributed by atoms with Crippen molar-refractivity contribution in [2.75, 3.05) is 5.73 Å². The molecule has 0 amide bonds. The smallest absolute Gasteiger partial charge is 0.310 e. The van der Waals surface area contributed by atoms with Crippen LogP contribution in [0.1, 0.15) is 117 Å². The summed E-state index contributed by atoms with van der Waals surface area (Å²) in [6, 6.07) is 0. The van der Waals surface area contributed by atoms with Crippen LogP contribution in [0.2, 0.25) is 0 Å². The van der Waals surface area contributed by atoms with Crippen molar-refractivity contribution in [3.63, 3.8) is 0 Å². The van der Waals surface area contributed by atoms with E-state index in [1.54, 1.807) is 0 Å². The van der Waals surface area contributed by atoms with Crippen molar-refractivity contribution < 1.29 is 9.90 Å². The van der Waals surface area contributed by atoms with Crippen LogP contribution in [0.4, 0.5) is 5.82 Å². The third-order valence-electron chi connectivity index (χ3n) is 14.4. The van der Waals surface area contributed by atoms with E-state index in [1.807, 2.05) is 17.9 Å². The number of aryl methyl sites for hydroxylation is 1. The van der Waals surface area contributed by atoms with E-state index in [9.17, 15) is 9.90 Å². The molecular weight excluding hydrogens is 522 g/mol. The molecule has 0 radical (unpaired) electrons. The summed E-state index contributed by atoms with van der Waals surface area (Å²) in [7, 11) is 2.00. The van der Waals surface area contributed by atoms with Crippen LogP contribution in [0, 0.1) is 44.8 Å². The first-order valence-electron chi connectivity index (χ1n) is 16.3. The summed E-state index contributed by atoms with van der Waals surface area (Å²) >= 11 is 0. The molecule has 5 aliphatic rings. The summed E-state index contributed by atoms with van der Waals surface area (Å²) in [5.74, 6) is 1.07. The number of carboxylic acids is 1. The third-order valence-corrected chi connectivity index (χ3v) is 14.4. The summed E-state index contributed by atoms with van der Waals surface area (Å²) < 4.78 is 1.92. The number of aromatic nitrogens is 4. The number of H-pyrrole nitrogens is 1. The highest BCUT2D eigenvalue weighted by atomic mass is 16.4. The lowest BCUT2D eigenvalue weighted by atomic mass is 9.33. The summed E-state index contributed by atoms with van der Waals surface area (Å²) in [6.07, 6.45) is 12.9. The number of allylic oxidation sites excluding steroid dienone is 2. The van der Waals surface area contributed by atoms with Gasteiger partial charge in [0.15, 0.2) is 0 Å². The van der Waals surface area contributed by atoms with Crippen molar-refractivity contribution >= 4 is 17.4 Å². The Kier molecular flexibility index (Phi) is 5.59. The van der Waals surface area contributed by atoms with E-state index in [-0.39, 0.29) is 33.0 Å². The predicted molar refractivity (Wildman–Crippen MR) is 165 cm³/mol. The zero-order valence-corrected chi connectivity index (χ0v) is 27.0. The Bertz CT molecular complexity index is 1510. The third kappa shape index (κ3) is 3.31. The molecule has 7 nitrogen and oxygen atoms in total. The molecule has 4 N–H and O–H groups in total. The zero-order chi connectivity index (χ0) is 30.3. The van der Waals surface area contributed by atoms with Gasteiger partial charge in [-0.2, -0.15) is 10.2 Å². The van der Waals surface area contributed by atoms with E-state index in [2.05, 4.69) is 70.0 Å². The van der Waals surface area contributed by atoms with Gasteiger partial charge in [-0.3, -0.25) is 14.6 Å². The highest BCUT2D eigenvalue weighted by Gasteiger charge is 2.70. The maximum absolute atomic E-state index is 13.3. The van der Waals surface area contributed by atoms with E-state index >= 15 is 0 Å². The second-order valence-corrected chi connectivity index (χ2v) is 17.1. The molecule has 2 aromatic heterocycles. The van der Waals surface area contributed by atoms with Crippen LogP contribution >= 0.6 is 0 Å². The highest BCUT2D eigenvalue weighted by Crippen LogP contribution is 2.77. The molecule has 7 rings (SSSR count). The van der Waals surface area contributed by atoms with Crippen LogP contribution in [0.15, 0.2) is 18.0 Å². The van der Waals surface area contributed by atoms with Crippen molar-refractivity contribution in [1.29, 1.82) is 0 Å². The van der Waals surface area contributed by atoms with Gasteiger partial charge in [-0.25, -0.2) is 0 Å². The fraction of sp³-hybridized carbons (Fsp3) is 0.743. The Balaban J connectivity index is 1.48. The van der Waals surface area contributed by atoms with E-state index in [0.29, 0.717) is 17.7 Å². The molecule has 42 heavy (non-hydrogen) atoms. The molecule has 0 spiro atoms. The Morgan fingerprint density at radius 1 is 1.05 bits per heavy atom. The Hall–Kier alpha value is -2.57. The Labute approximate surface area is 251 Å². The summed E-state index contributed by atoms with van der Waals surface area (Å²) in [5, 5.41) is 23.4. The second-order valence-electron chi connectivity index (χ2n) is 17.1. The molecule has 0 bridgehead atoms. The van der Waals surface area contributed by atoms with Crippen LogP contribution < -0.4 is 5.73 Å². The van der Waals surface area contributed by atoms with Crippen LogP contribution in [0.3, 0.4) is 0 Å². The molecule has 2 heterocycles. The molecule has 7 atom stereocenters. The number of carboxylic acid groups (broad SMARTS) is 1. The fourth-order valence-corrected chi connectivity index (χ4v) is 12.0. The van der Waals surface area contributed by atoms with Gasteiger partial charge in [0.05, 0.1) is 11.6 Å². The minimum atomic E-state index is -0.672. The molecule has 0 aromatic carbocycles. The quantitative estimate of drug-likeness (QED) is 0.353. The molecule has 3 fully saturated rings. The SMILES string of the molecule is Cn1cc(C2=C3[C@@H]4CC(C)(C)CC[C@]4(C(=O)O)CC[C@@]3(C)[C@]3(C)CC[C@H]4C(C)(C)c5[nH]nc(N)c5C[C@]4(C)C3C2)cn1. The maximum Gasteiger partial charge on any atom is 0.310 e. The Morgan fingerprint density at radius 3 is 2.43 bits per heavy atom.